The minimum atomic E-state index is -1.29. The van der Waals surface area contributed by atoms with E-state index in [1.807, 2.05) is 0 Å². The van der Waals surface area contributed by atoms with Crippen LogP contribution in [0.2, 0.25) is 0 Å². The van der Waals surface area contributed by atoms with E-state index in [1.54, 1.807) is 0 Å². The molecule has 2 N–H and O–H groups in total. The zero-order valence-corrected chi connectivity index (χ0v) is 11.7. The second-order valence-electron chi connectivity index (χ2n) is 6.69. The number of piperidine rings is 3. The number of carbonyl (C=O) groups excluding carboxylic acids is 1. The minimum absolute atomic E-state index is 0.0596. The third kappa shape index (κ3) is 1.57. The zero-order chi connectivity index (χ0) is 13.9. The Morgan fingerprint density at radius 2 is 2.15 bits per heavy atom. The average Bonchev–Trinajstić information content (AvgIpc) is 2.45. The van der Waals surface area contributed by atoms with Crippen molar-refractivity contribution in [2.75, 3.05) is 13.1 Å². The smallest absolute Gasteiger partial charge is 0.262 e. The summed E-state index contributed by atoms with van der Waals surface area (Å²) in [5.74, 6) is -0.0919. The van der Waals surface area contributed by atoms with E-state index in [-0.39, 0.29) is 17.9 Å². The quantitative estimate of drug-likeness (QED) is 0.674. The lowest BCUT2D eigenvalue weighted by Crippen LogP contribution is -2.72. The fraction of sp³-hybridized carbons (Fsp3) is 0.800. The molecule has 110 valence electrons. The molecular weight excluding hydrogens is 256 g/mol. The van der Waals surface area contributed by atoms with E-state index in [2.05, 4.69) is 11.0 Å². The number of nitrogens with zero attached hydrogens (tertiary/aromatic N) is 2. The van der Waals surface area contributed by atoms with Crippen molar-refractivity contribution in [1.29, 1.82) is 0 Å². The second kappa shape index (κ2) is 4.29. The van der Waals surface area contributed by atoms with Gasteiger partial charge in [0.25, 0.3) is 5.91 Å². The number of fused-ring (bicyclic) bond motifs is 6. The van der Waals surface area contributed by atoms with Crippen LogP contribution >= 0.6 is 0 Å². The van der Waals surface area contributed by atoms with Crippen molar-refractivity contribution in [1.82, 2.24) is 9.80 Å². The summed E-state index contributed by atoms with van der Waals surface area (Å²) >= 11 is 0. The van der Waals surface area contributed by atoms with E-state index < -0.39 is 11.8 Å². The van der Waals surface area contributed by atoms with Gasteiger partial charge in [0.1, 0.15) is 6.23 Å². The van der Waals surface area contributed by atoms with Crippen LogP contribution in [0.3, 0.4) is 0 Å². The van der Waals surface area contributed by atoms with Gasteiger partial charge in [0.05, 0.1) is 0 Å². The molecule has 4 aliphatic heterocycles. The Hall–Kier alpha value is -0.910. The Kier molecular flexibility index (Phi) is 2.75. The van der Waals surface area contributed by atoms with Gasteiger partial charge in [-0.1, -0.05) is 12.5 Å². The molecule has 4 heterocycles. The van der Waals surface area contributed by atoms with E-state index in [9.17, 15) is 15.0 Å². The van der Waals surface area contributed by atoms with Crippen molar-refractivity contribution in [2.45, 2.75) is 56.4 Å². The fourth-order valence-electron chi connectivity index (χ4n) is 4.64. The Bertz CT molecular complexity index is 478. The summed E-state index contributed by atoms with van der Waals surface area (Å²) in [5.41, 5.74) is -0.346. The number of hydrogen-bond donors (Lipinski definition) is 2. The van der Waals surface area contributed by atoms with Crippen LogP contribution in [-0.2, 0) is 4.79 Å². The van der Waals surface area contributed by atoms with Crippen molar-refractivity contribution in [2.24, 2.45) is 5.92 Å². The topological polar surface area (TPSA) is 64.0 Å². The molecule has 0 aromatic carbocycles. The first-order chi connectivity index (χ1) is 9.61. The van der Waals surface area contributed by atoms with Crippen LogP contribution in [0.1, 0.15) is 38.5 Å². The van der Waals surface area contributed by atoms with E-state index in [1.165, 1.54) is 4.90 Å². The maximum Gasteiger partial charge on any atom is 0.262 e. The second-order valence-corrected chi connectivity index (χ2v) is 6.69. The van der Waals surface area contributed by atoms with Gasteiger partial charge in [-0.05, 0) is 38.6 Å². The molecule has 3 saturated heterocycles. The molecular formula is C15H22N2O3. The highest BCUT2D eigenvalue weighted by Crippen LogP contribution is 2.46. The summed E-state index contributed by atoms with van der Waals surface area (Å²) in [6.45, 7) is 1.89. The van der Waals surface area contributed by atoms with Crippen LogP contribution in [0.5, 0.6) is 0 Å². The van der Waals surface area contributed by atoms with Gasteiger partial charge >= 0.3 is 0 Å². The summed E-state index contributed by atoms with van der Waals surface area (Å²) in [4.78, 5) is 16.6. The van der Waals surface area contributed by atoms with Crippen LogP contribution < -0.4 is 0 Å². The standard InChI is InChI=1S/C15H22N2O3/c18-13-6-3-4-11-10-8-15(20,14(19)17(11)13)12-5-1-2-7-16(12)9-10/h4,10,12-13,18,20H,1-3,5-9H2/t10-,12-,13-,15-/m1/s1. The molecule has 20 heavy (non-hydrogen) atoms. The summed E-state index contributed by atoms with van der Waals surface area (Å²) in [6, 6.07) is -0.0596. The highest BCUT2D eigenvalue weighted by molar-refractivity contribution is 5.89. The van der Waals surface area contributed by atoms with Gasteiger partial charge in [-0.15, -0.1) is 0 Å². The molecule has 5 nitrogen and oxygen atoms in total. The molecule has 0 unspecified atom stereocenters. The molecule has 0 spiro atoms. The normalized spacial score (nSPS) is 44.7. The number of amides is 1. The van der Waals surface area contributed by atoms with Crippen LogP contribution in [0, 0.1) is 5.92 Å². The lowest BCUT2D eigenvalue weighted by atomic mass is 9.70. The number of aliphatic hydroxyl groups excluding tert-OH is 1. The van der Waals surface area contributed by atoms with Crippen molar-refractivity contribution < 1.29 is 15.0 Å². The number of carbonyl (C=O) groups is 1. The molecule has 4 atom stereocenters. The SMILES string of the molecule is O=C1N2C(=CCC[C@H]2O)[C@H]2CN3CCCC[C@@H]3[C@]1(O)C2. The maximum atomic E-state index is 12.8. The monoisotopic (exact) mass is 278 g/mol. The Labute approximate surface area is 118 Å². The predicted octanol–water partition coefficient (Wildman–Crippen LogP) is 0.430. The maximum absolute atomic E-state index is 12.8. The van der Waals surface area contributed by atoms with E-state index in [0.717, 1.165) is 44.5 Å². The van der Waals surface area contributed by atoms with Crippen LogP contribution in [0.25, 0.3) is 0 Å². The number of allylic oxidation sites excluding steroid dienone is 1. The van der Waals surface area contributed by atoms with E-state index >= 15 is 0 Å². The van der Waals surface area contributed by atoms with Gasteiger partial charge in [-0.2, -0.15) is 0 Å². The minimum Gasteiger partial charge on any atom is -0.378 e. The fourth-order valence-corrected chi connectivity index (χ4v) is 4.64. The lowest BCUT2D eigenvalue weighted by molar-refractivity contribution is -0.190. The molecule has 4 aliphatic rings. The molecule has 2 bridgehead atoms. The predicted molar refractivity (Wildman–Crippen MR) is 72.4 cm³/mol. The highest BCUT2D eigenvalue weighted by Gasteiger charge is 2.59. The molecule has 0 aliphatic carbocycles. The highest BCUT2D eigenvalue weighted by atomic mass is 16.3. The third-order valence-corrected chi connectivity index (χ3v) is 5.54. The van der Waals surface area contributed by atoms with Gasteiger partial charge in [0.15, 0.2) is 5.60 Å². The summed E-state index contributed by atoms with van der Waals surface area (Å²) in [7, 11) is 0. The van der Waals surface area contributed by atoms with E-state index in [0.29, 0.717) is 12.8 Å². The zero-order valence-electron chi connectivity index (χ0n) is 11.7. The first-order valence-corrected chi connectivity index (χ1v) is 7.79. The van der Waals surface area contributed by atoms with Crippen molar-refractivity contribution in [3.63, 3.8) is 0 Å². The molecule has 4 rings (SSSR count). The first-order valence-electron chi connectivity index (χ1n) is 7.79. The van der Waals surface area contributed by atoms with Gasteiger partial charge in [-0.3, -0.25) is 14.6 Å². The first kappa shape index (κ1) is 12.8. The van der Waals surface area contributed by atoms with Crippen molar-refractivity contribution in [3.05, 3.63) is 11.8 Å². The Morgan fingerprint density at radius 1 is 1.30 bits per heavy atom. The van der Waals surface area contributed by atoms with Crippen LogP contribution in [0.15, 0.2) is 11.8 Å². The molecule has 0 radical (unpaired) electrons. The number of hydrogen-bond acceptors (Lipinski definition) is 4. The van der Waals surface area contributed by atoms with Crippen molar-refractivity contribution >= 4 is 5.91 Å². The Balaban J connectivity index is 1.77. The van der Waals surface area contributed by atoms with Gasteiger partial charge < -0.3 is 10.2 Å². The summed E-state index contributed by atoms with van der Waals surface area (Å²) in [6.07, 6.45) is 6.36. The molecule has 0 aromatic rings. The third-order valence-electron chi connectivity index (χ3n) is 5.54. The molecule has 0 aromatic heterocycles. The molecule has 0 saturated carbocycles. The molecule has 5 heteroatoms. The largest absolute Gasteiger partial charge is 0.378 e. The van der Waals surface area contributed by atoms with Crippen LogP contribution in [-0.4, -0.2) is 56.9 Å². The van der Waals surface area contributed by atoms with E-state index in [4.69, 9.17) is 0 Å². The average molecular weight is 278 g/mol. The Morgan fingerprint density at radius 3 is 3.00 bits per heavy atom. The molecule has 3 fully saturated rings. The summed E-state index contributed by atoms with van der Waals surface area (Å²) in [5, 5.41) is 21.2. The van der Waals surface area contributed by atoms with Crippen molar-refractivity contribution in [3.8, 4) is 0 Å². The number of aliphatic hydroxyl groups is 2. The molecule has 1 amide bonds. The van der Waals surface area contributed by atoms with Gasteiger partial charge in [0.2, 0.25) is 0 Å². The van der Waals surface area contributed by atoms with Gasteiger partial charge in [-0.25, -0.2) is 0 Å². The number of rotatable bonds is 0. The van der Waals surface area contributed by atoms with Crippen LogP contribution in [0.4, 0.5) is 0 Å². The lowest BCUT2D eigenvalue weighted by Gasteiger charge is -2.57. The van der Waals surface area contributed by atoms with Gasteiger partial charge in [0, 0.05) is 24.2 Å². The summed E-state index contributed by atoms with van der Waals surface area (Å²) < 4.78 is 0.